The van der Waals surface area contributed by atoms with Crippen LogP contribution in [0.4, 0.5) is 4.79 Å². The van der Waals surface area contributed by atoms with E-state index in [0.29, 0.717) is 15.4 Å². The van der Waals surface area contributed by atoms with Gasteiger partial charge in [0.1, 0.15) is 16.3 Å². The minimum absolute atomic E-state index is 0.0914. The van der Waals surface area contributed by atoms with Crippen molar-refractivity contribution in [2.45, 2.75) is 49.6 Å². The van der Waals surface area contributed by atoms with Crippen LogP contribution in [0.5, 0.6) is 0 Å². The number of hydrogen-bond acceptors (Lipinski definition) is 4. The van der Waals surface area contributed by atoms with Gasteiger partial charge in [0.05, 0.1) is 15.4 Å². The molecule has 6 nitrogen and oxygen atoms in total. The molecule has 186 valence electrons. The fourth-order valence-corrected chi connectivity index (χ4v) is 6.24. The van der Waals surface area contributed by atoms with Gasteiger partial charge in [-0.15, -0.1) is 4.36 Å². The summed E-state index contributed by atoms with van der Waals surface area (Å²) in [7, 11) is -3.25. The topological polar surface area (TPSA) is 76.0 Å². The summed E-state index contributed by atoms with van der Waals surface area (Å²) < 4.78 is 24.1. The zero-order valence-electron chi connectivity index (χ0n) is 20.9. The maximum Gasteiger partial charge on any atom is 0.352 e. The Morgan fingerprint density at radius 2 is 1.33 bits per heavy atom. The van der Waals surface area contributed by atoms with Gasteiger partial charge >= 0.3 is 12.0 Å². The molecule has 1 aliphatic heterocycles. The average molecular weight is 503 g/mol. The lowest BCUT2D eigenvalue weighted by molar-refractivity contribution is -0.133. The van der Waals surface area contributed by atoms with Gasteiger partial charge in [-0.05, 0) is 63.1 Å². The average Bonchev–Trinajstić information content (AvgIpc) is 3.26. The number of urea groups is 1. The third kappa shape index (κ3) is 4.97. The van der Waals surface area contributed by atoms with E-state index in [-0.39, 0.29) is 24.7 Å². The van der Waals surface area contributed by atoms with Crippen LogP contribution in [0.25, 0.3) is 11.1 Å². The van der Waals surface area contributed by atoms with E-state index in [2.05, 4.69) is 4.36 Å². The van der Waals surface area contributed by atoms with Crippen molar-refractivity contribution in [1.82, 2.24) is 4.90 Å². The fourth-order valence-electron chi connectivity index (χ4n) is 4.41. The first kappa shape index (κ1) is 25.4. The van der Waals surface area contributed by atoms with Crippen molar-refractivity contribution in [3.8, 4) is 0 Å². The summed E-state index contributed by atoms with van der Waals surface area (Å²) >= 11 is 0. The number of benzene rings is 3. The van der Waals surface area contributed by atoms with Crippen LogP contribution in [0.15, 0.2) is 99.1 Å². The Morgan fingerprint density at radius 1 is 0.806 bits per heavy atom. The summed E-state index contributed by atoms with van der Waals surface area (Å²) in [6.45, 7) is 7.81. The van der Waals surface area contributed by atoms with Gasteiger partial charge in [-0.1, -0.05) is 60.7 Å². The van der Waals surface area contributed by atoms with Crippen LogP contribution >= 0.6 is 0 Å². The summed E-state index contributed by atoms with van der Waals surface area (Å²) in [4.78, 5) is 28.2. The number of esters is 1. The molecule has 2 amide bonds. The molecular formula is C29H30N2O4S. The lowest BCUT2D eigenvalue weighted by Crippen LogP contribution is -2.40. The van der Waals surface area contributed by atoms with Gasteiger partial charge in [-0.25, -0.2) is 13.8 Å². The summed E-state index contributed by atoms with van der Waals surface area (Å²) in [5.74, 6) is -0.364. The molecule has 3 aromatic rings. The molecule has 0 aliphatic carbocycles. The molecule has 0 bridgehead atoms. The Morgan fingerprint density at radius 3 is 1.89 bits per heavy atom. The number of cyclic esters (lactones) is 1. The SMILES string of the molecule is CC(C)N(C(=O)N=[S@@](=O)(c1ccccc1)c1ccc(C2=C(c3ccccc3)C(=O)OC2)cc1)C(C)C. The summed E-state index contributed by atoms with van der Waals surface area (Å²) in [6.07, 6.45) is 0. The second-order valence-corrected chi connectivity index (χ2v) is 11.3. The normalized spacial score (nSPS) is 15.1. The first-order valence-corrected chi connectivity index (χ1v) is 13.4. The lowest BCUT2D eigenvalue weighted by Gasteiger charge is -2.29. The first-order valence-electron chi connectivity index (χ1n) is 11.9. The number of hydrogen-bond donors (Lipinski definition) is 0. The van der Waals surface area contributed by atoms with E-state index in [9.17, 15) is 13.8 Å². The first-order chi connectivity index (χ1) is 17.2. The molecule has 0 N–H and O–H groups in total. The molecule has 0 unspecified atom stereocenters. The molecule has 36 heavy (non-hydrogen) atoms. The molecule has 0 radical (unpaired) electrons. The highest BCUT2D eigenvalue weighted by molar-refractivity contribution is 7.94. The summed E-state index contributed by atoms with van der Waals surface area (Å²) in [6, 6.07) is 24.6. The van der Waals surface area contributed by atoms with Crippen LogP contribution in [-0.2, 0) is 19.3 Å². The molecule has 0 fully saturated rings. The van der Waals surface area contributed by atoms with Gasteiger partial charge in [0.2, 0.25) is 0 Å². The van der Waals surface area contributed by atoms with Crippen molar-refractivity contribution in [1.29, 1.82) is 0 Å². The van der Waals surface area contributed by atoms with Crippen molar-refractivity contribution >= 4 is 32.9 Å². The molecule has 1 heterocycles. The van der Waals surface area contributed by atoms with Gasteiger partial charge in [0.25, 0.3) is 0 Å². The molecule has 0 spiro atoms. The molecule has 1 aliphatic rings. The monoisotopic (exact) mass is 502 g/mol. The molecule has 7 heteroatoms. The summed E-state index contributed by atoms with van der Waals surface area (Å²) in [5, 5.41) is 0. The number of nitrogens with zero attached hydrogens (tertiary/aromatic N) is 2. The Balaban J connectivity index is 1.81. The molecule has 0 saturated heterocycles. The van der Waals surface area contributed by atoms with Crippen LogP contribution < -0.4 is 0 Å². The second kappa shape index (κ2) is 10.5. The standard InChI is InChI=1S/C29H30N2O4S/c1-20(2)31(21(3)4)29(33)30-36(34,24-13-9-6-10-14-24)25-17-15-22(16-18-25)26-19-35-28(32)27(26)23-11-7-5-8-12-23/h5-18,20-21H,19H2,1-4H3/t36-/m1/s1. The highest BCUT2D eigenvalue weighted by Crippen LogP contribution is 2.34. The van der Waals surface area contributed by atoms with Crippen molar-refractivity contribution in [2.24, 2.45) is 4.36 Å². The molecule has 0 saturated carbocycles. The molecule has 4 rings (SSSR count). The lowest BCUT2D eigenvalue weighted by atomic mass is 9.97. The van der Waals surface area contributed by atoms with E-state index < -0.39 is 15.8 Å². The van der Waals surface area contributed by atoms with E-state index >= 15 is 0 Å². The van der Waals surface area contributed by atoms with E-state index in [1.807, 2.05) is 64.1 Å². The van der Waals surface area contributed by atoms with Crippen LogP contribution in [0, 0.1) is 0 Å². The van der Waals surface area contributed by atoms with E-state index in [1.165, 1.54) is 0 Å². The van der Waals surface area contributed by atoms with Crippen LogP contribution in [0.1, 0.15) is 38.8 Å². The third-order valence-electron chi connectivity index (χ3n) is 6.04. The largest absolute Gasteiger partial charge is 0.457 e. The minimum Gasteiger partial charge on any atom is -0.457 e. The number of amides is 2. The predicted molar refractivity (Wildman–Crippen MR) is 142 cm³/mol. The van der Waals surface area contributed by atoms with E-state index in [0.717, 1.165) is 16.7 Å². The highest BCUT2D eigenvalue weighted by Gasteiger charge is 2.28. The van der Waals surface area contributed by atoms with Crippen LogP contribution in [-0.4, -0.2) is 39.8 Å². The van der Waals surface area contributed by atoms with Gasteiger partial charge < -0.3 is 9.64 Å². The summed E-state index contributed by atoms with van der Waals surface area (Å²) in [5.41, 5.74) is 2.87. The third-order valence-corrected chi connectivity index (χ3v) is 8.28. The van der Waals surface area contributed by atoms with Crippen molar-refractivity contribution in [2.75, 3.05) is 6.61 Å². The number of ether oxygens (including phenoxy) is 1. The van der Waals surface area contributed by atoms with E-state index in [1.54, 1.807) is 53.4 Å². The fraction of sp³-hybridized carbons (Fsp3) is 0.241. The van der Waals surface area contributed by atoms with Gasteiger partial charge in [-0.3, -0.25) is 0 Å². The second-order valence-electron chi connectivity index (χ2n) is 9.13. The van der Waals surface area contributed by atoms with E-state index in [4.69, 9.17) is 4.74 Å². The Kier molecular flexibility index (Phi) is 7.40. The predicted octanol–water partition coefficient (Wildman–Crippen LogP) is 6.28. The minimum atomic E-state index is -3.25. The van der Waals surface area contributed by atoms with Crippen molar-refractivity contribution < 1.29 is 18.5 Å². The Bertz CT molecular complexity index is 1390. The van der Waals surface area contributed by atoms with Crippen molar-refractivity contribution in [3.05, 3.63) is 96.1 Å². The Labute approximate surface area is 212 Å². The van der Waals surface area contributed by atoms with Crippen LogP contribution in [0.2, 0.25) is 0 Å². The number of carbonyl (C=O) groups is 2. The quantitative estimate of drug-likeness (QED) is 0.372. The molecular weight excluding hydrogens is 472 g/mol. The Hall–Kier alpha value is -3.71. The maximum atomic E-state index is 14.4. The molecule has 1 atom stereocenters. The van der Waals surface area contributed by atoms with Gasteiger partial charge in [0, 0.05) is 17.7 Å². The zero-order valence-corrected chi connectivity index (χ0v) is 21.7. The highest BCUT2D eigenvalue weighted by atomic mass is 32.2. The molecule has 3 aromatic carbocycles. The van der Waals surface area contributed by atoms with Gasteiger partial charge in [-0.2, -0.15) is 0 Å². The van der Waals surface area contributed by atoms with Crippen molar-refractivity contribution in [3.63, 3.8) is 0 Å². The smallest absolute Gasteiger partial charge is 0.352 e. The zero-order chi connectivity index (χ0) is 25.9. The molecule has 0 aromatic heterocycles. The number of rotatable bonds is 6. The van der Waals surface area contributed by atoms with Crippen LogP contribution in [0.3, 0.4) is 0 Å². The number of carbonyl (C=O) groups excluding carboxylic acids is 2. The maximum absolute atomic E-state index is 14.4. The van der Waals surface area contributed by atoms with Gasteiger partial charge in [0.15, 0.2) is 0 Å².